The second-order valence-electron chi connectivity index (χ2n) is 5.42. The molecular formula is C19H14ClN2O3-. The molecule has 0 aliphatic heterocycles. The quantitative estimate of drug-likeness (QED) is 0.722. The maximum Gasteiger partial charge on any atom is 0.276 e. The third-order valence-electron chi connectivity index (χ3n) is 3.83. The van der Waals surface area contributed by atoms with Crippen molar-refractivity contribution in [3.8, 4) is 0 Å². The van der Waals surface area contributed by atoms with Gasteiger partial charge in [0.05, 0.1) is 17.0 Å². The van der Waals surface area contributed by atoms with E-state index in [0.717, 1.165) is 5.56 Å². The second kappa shape index (κ2) is 6.91. The van der Waals surface area contributed by atoms with E-state index in [0.29, 0.717) is 22.6 Å². The molecule has 0 bridgehead atoms. The zero-order valence-corrected chi connectivity index (χ0v) is 14.2. The lowest BCUT2D eigenvalue weighted by Gasteiger charge is -2.10. The second-order valence-corrected chi connectivity index (χ2v) is 5.86. The van der Waals surface area contributed by atoms with Crippen molar-refractivity contribution in [1.82, 2.24) is 9.55 Å². The van der Waals surface area contributed by atoms with Crippen LogP contribution in [0.4, 0.5) is 0 Å². The lowest BCUT2D eigenvalue weighted by atomic mass is 10.1. The van der Waals surface area contributed by atoms with E-state index in [9.17, 15) is 14.7 Å². The summed E-state index contributed by atoms with van der Waals surface area (Å²) in [6.07, 6.45) is 3.37. The molecule has 0 fully saturated rings. The molecule has 0 atom stereocenters. The average molecular weight is 354 g/mol. The van der Waals surface area contributed by atoms with Crippen LogP contribution in [0, 0.1) is 0 Å². The molecule has 5 nitrogen and oxygen atoms in total. The number of aromatic nitrogens is 2. The summed E-state index contributed by atoms with van der Waals surface area (Å²) in [6, 6.07) is 11.6. The standard InChI is InChI=1S/C19H15ClN2O3/c1-2-22-17-10-6-13(19(24)25)11-16(17)21-15(18(22)23)9-5-12-3-7-14(20)8-4-12/h3-11H,2H2,1H3,(H,24,25)/p-1/b9-5+. The average Bonchev–Trinajstić information content (AvgIpc) is 2.61. The first-order valence-corrected chi connectivity index (χ1v) is 8.07. The number of benzene rings is 2. The Kier molecular flexibility index (Phi) is 4.67. The summed E-state index contributed by atoms with van der Waals surface area (Å²) in [6.45, 7) is 2.30. The van der Waals surface area contributed by atoms with E-state index in [1.165, 1.54) is 12.1 Å². The number of fused-ring (bicyclic) bond motifs is 1. The Morgan fingerprint density at radius 2 is 1.92 bits per heavy atom. The molecule has 1 aromatic heterocycles. The largest absolute Gasteiger partial charge is 0.545 e. The van der Waals surface area contributed by atoms with Crippen LogP contribution < -0.4 is 10.7 Å². The maximum absolute atomic E-state index is 12.6. The minimum atomic E-state index is -1.28. The van der Waals surface area contributed by atoms with Gasteiger partial charge in [-0.05, 0) is 48.4 Å². The number of hydrogen-bond donors (Lipinski definition) is 0. The van der Waals surface area contributed by atoms with Crippen LogP contribution in [0.25, 0.3) is 23.2 Å². The molecule has 0 aliphatic rings. The molecule has 3 rings (SSSR count). The van der Waals surface area contributed by atoms with E-state index in [2.05, 4.69) is 4.98 Å². The monoisotopic (exact) mass is 353 g/mol. The molecular weight excluding hydrogens is 340 g/mol. The maximum atomic E-state index is 12.6. The number of carboxylic acids is 1. The van der Waals surface area contributed by atoms with Crippen molar-refractivity contribution in [2.75, 3.05) is 0 Å². The Morgan fingerprint density at radius 3 is 2.56 bits per heavy atom. The number of aryl methyl sites for hydroxylation is 1. The molecule has 126 valence electrons. The fourth-order valence-corrected chi connectivity index (χ4v) is 2.69. The van der Waals surface area contributed by atoms with Crippen molar-refractivity contribution in [3.63, 3.8) is 0 Å². The molecule has 0 amide bonds. The van der Waals surface area contributed by atoms with Gasteiger partial charge >= 0.3 is 0 Å². The van der Waals surface area contributed by atoms with Gasteiger partial charge in [-0.15, -0.1) is 0 Å². The number of carbonyl (C=O) groups excluding carboxylic acids is 1. The van der Waals surface area contributed by atoms with Crippen molar-refractivity contribution in [2.24, 2.45) is 0 Å². The van der Waals surface area contributed by atoms with Gasteiger partial charge in [-0.1, -0.05) is 35.9 Å². The molecule has 0 radical (unpaired) electrons. The van der Waals surface area contributed by atoms with Crippen LogP contribution in [-0.2, 0) is 6.54 Å². The first-order chi connectivity index (χ1) is 12.0. The van der Waals surface area contributed by atoms with Crippen molar-refractivity contribution in [2.45, 2.75) is 13.5 Å². The molecule has 0 spiro atoms. The molecule has 25 heavy (non-hydrogen) atoms. The van der Waals surface area contributed by atoms with Crippen molar-refractivity contribution in [1.29, 1.82) is 0 Å². The number of nitrogens with zero attached hydrogens (tertiary/aromatic N) is 2. The number of carbonyl (C=O) groups is 1. The number of aromatic carboxylic acids is 1. The summed E-state index contributed by atoms with van der Waals surface area (Å²) >= 11 is 5.86. The van der Waals surface area contributed by atoms with Crippen molar-refractivity contribution >= 4 is 40.8 Å². The lowest BCUT2D eigenvalue weighted by Crippen LogP contribution is -2.25. The summed E-state index contributed by atoms with van der Waals surface area (Å²) in [4.78, 5) is 28.0. The predicted octanol–water partition coefficient (Wildman–Crippen LogP) is 2.60. The molecule has 0 unspecified atom stereocenters. The molecule has 0 saturated heterocycles. The highest BCUT2D eigenvalue weighted by Gasteiger charge is 2.09. The zero-order valence-electron chi connectivity index (χ0n) is 13.4. The van der Waals surface area contributed by atoms with E-state index in [4.69, 9.17) is 11.6 Å². The molecule has 0 aliphatic carbocycles. The van der Waals surface area contributed by atoms with Crippen LogP contribution in [0.3, 0.4) is 0 Å². The fraction of sp³-hybridized carbons (Fsp3) is 0.105. The van der Waals surface area contributed by atoms with Crippen LogP contribution in [0.5, 0.6) is 0 Å². The predicted molar refractivity (Wildman–Crippen MR) is 96.4 cm³/mol. The number of hydrogen-bond acceptors (Lipinski definition) is 4. The van der Waals surface area contributed by atoms with Gasteiger partial charge < -0.3 is 14.5 Å². The Balaban J connectivity index is 2.13. The van der Waals surface area contributed by atoms with Gasteiger partial charge in [-0.25, -0.2) is 4.98 Å². The van der Waals surface area contributed by atoms with E-state index in [1.807, 2.05) is 19.1 Å². The van der Waals surface area contributed by atoms with Crippen LogP contribution in [0.2, 0.25) is 5.02 Å². The van der Waals surface area contributed by atoms with Gasteiger partial charge in [0.1, 0.15) is 5.69 Å². The number of carboxylic acid groups (broad SMARTS) is 1. The number of rotatable bonds is 4. The minimum absolute atomic E-state index is 0.0222. The SMILES string of the molecule is CCn1c(=O)c(/C=C/c2ccc(Cl)cc2)nc2cc(C(=O)[O-])ccc21. The van der Waals surface area contributed by atoms with Crippen molar-refractivity contribution < 1.29 is 9.90 Å². The Morgan fingerprint density at radius 1 is 1.20 bits per heavy atom. The molecule has 2 aromatic carbocycles. The van der Waals surface area contributed by atoms with E-state index in [-0.39, 0.29) is 16.8 Å². The topological polar surface area (TPSA) is 75.0 Å². The molecule has 6 heteroatoms. The lowest BCUT2D eigenvalue weighted by molar-refractivity contribution is -0.255. The van der Waals surface area contributed by atoms with Crippen LogP contribution in [0.15, 0.2) is 47.3 Å². The highest BCUT2D eigenvalue weighted by atomic mass is 35.5. The van der Waals surface area contributed by atoms with Gasteiger partial charge in [0, 0.05) is 11.6 Å². The first-order valence-electron chi connectivity index (χ1n) is 7.69. The molecule has 3 aromatic rings. The van der Waals surface area contributed by atoms with Crippen LogP contribution in [-0.4, -0.2) is 15.5 Å². The minimum Gasteiger partial charge on any atom is -0.545 e. The fourth-order valence-electron chi connectivity index (χ4n) is 2.57. The Bertz CT molecular complexity index is 1040. The summed E-state index contributed by atoms with van der Waals surface area (Å²) in [5.41, 5.74) is 1.91. The van der Waals surface area contributed by atoms with Gasteiger partial charge in [-0.3, -0.25) is 4.79 Å². The van der Waals surface area contributed by atoms with Crippen LogP contribution >= 0.6 is 11.6 Å². The summed E-state index contributed by atoms with van der Waals surface area (Å²) in [5, 5.41) is 11.7. The highest BCUT2D eigenvalue weighted by Crippen LogP contribution is 2.15. The van der Waals surface area contributed by atoms with Crippen molar-refractivity contribution in [3.05, 3.63) is 74.7 Å². The zero-order chi connectivity index (χ0) is 18.0. The summed E-state index contributed by atoms with van der Waals surface area (Å²) in [7, 11) is 0. The van der Waals surface area contributed by atoms with Gasteiger partial charge in [-0.2, -0.15) is 0 Å². The Hall–Kier alpha value is -2.92. The van der Waals surface area contributed by atoms with Gasteiger partial charge in [0.15, 0.2) is 0 Å². The highest BCUT2D eigenvalue weighted by molar-refractivity contribution is 6.30. The van der Waals surface area contributed by atoms with E-state index in [1.54, 1.807) is 34.9 Å². The molecule has 0 N–H and O–H groups in total. The Labute approximate surface area is 148 Å². The smallest absolute Gasteiger partial charge is 0.276 e. The van der Waals surface area contributed by atoms with Crippen LogP contribution in [0.1, 0.15) is 28.5 Å². The molecule has 1 heterocycles. The molecule has 0 saturated carbocycles. The number of halogens is 1. The summed E-state index contributed by atoms with van der Waals surface area (Å²) < 4.78 is 1.56. The van der Waals surface area contributed by atoms with Gasteiger partial charge in [0.2, 0.25) is 0 Å². The normalized spacial score (nSPS) is 11.3. The van der Waals surface area contributed by atoms with Gasteiger partial charge in [0.25, 0.3) is 5.56 Å². The van der Waals surface area contributed by atoms with E-state index >= 15 is 0 Å². The third-order valence-corrected chi connectivity index (χ3v) is 4.08. The summed E-state index contributed by atoms with van der Waals surface area (Å²) in [5.74, 6) is -1.28. The third kappa shape index (κ3) is 3.46. The van der Waals surface area contributed by atoms with E-state index < -0.39 is 5.97 Å². The first kappa shape index (κ1) is 16.9.